The predicted molar refractivity (Wildman–Crippen MR) is 77.4 cm³/mol. The second kappa shape index (κ2) is 5.52. The second-order valence-electron chi connectivity index (χ2n) is 4.95. The molecule has 2 aliphatic heterocycles. The number of esters is 1. The molecule has 2 heterocycles. The van der Waals surface area contributed by atoms with Crippen molar-refractivity contribution in [3.63, 3.8) is 0 Å². The van der Waals surface area contributed by atoms with E-state index in [-0.39, 0.29) is 17.8 Å². The first kappa shape index (κ1) is 14.1. The van der Waals surface area contributed by atoms with Gasteiger partial charge in [-0.2, -0.15) is 0 Å². The maximum Gasteiger partial charge on any atom is 0.326 e. The number of fused-ring (bicyclic) bond motifs is 1. The lowest BCUT2D eigenvalue weighted by Gasteiger charge is -2.22. The van der Waals surface area contributed by atoms with Crippen molar-refractivity contribution in [3.8, 4) is 0 Å². The Labute approximate surface area is 126 Å². The molecule has 2 saturated heterocycles. The van der Waals surface area contributed by atoms with Gasteiger partial charge in [-0.25, -0.2) is 0 Å². The zero-order chi connectivity index (χ0) is 15.0. The highest BCUT2D eigenvalue weighted by atomic mass is 32.2. The molecule has 21 heavy (non-hydrogen) atoms. The summed E-state index contributed by atoms with van der Waals surface area (Å²) in [7, 11) is 0. The number of thioether (sulfide) groups is 1. The fourth-order valence-electron chi connectivity index (χ4n) is 2.77. The monoisotopic (exact) mass is 305 g/mol. The Balaban J connectivity index is 1.88. The summed E-state index contributed by atoms with van der Waals surface area (Å²) in [5, 5.41) is -0.202. The topological polar surface area (TPSA) is 63.7 Å². The molecule has 6 heteroatoms. The largest absolute Gasteiger partial charge is 0.465 e. The van der Waals surface area contributed by atoms with E-state index in [2.05, 4.69) is 0 Å². The van der Waals surface area contributed by atoms with Gasteiger partial charge in [-0.1, -0.05) is 30.3 Å². The lowest BCUT2D eigenvalue weighted by atomic mass is 10.0. The molecule has 0 radical (unpaired) electrons. The molecule has 110 valence electrons. The SMILES string of the molecule is CCOC(=O)C1C(=O)C2CS[C@@H](c3ccccc3)N2C1=O. The van der Waals surface area contributed by atoms with Gasteiger partial charge in [0.1, 0.15) is 11.4 Å². The number of carbonyl (C=O) groups excluding carboxylic acids is 3. The molecule has 2 unspecified atom stereocenters. The van der Waals surface area contributed by atoms with Crippen LogP contribution in [0.3, 0.4) is 0 Å². The Morgan fingerprint density at radius 3 is 2.71 bits per heavy atom. The van der Waals surface area contributed by atoms with Crippen LogP contribution in [0, 0.1) is 5.92 Å². The fraction of sp³-hybridized carbons (Fsp3) is 0.400. The molecule has 0 spiro atoms. The van der Waals surface area contributed by atoms with Crippen molar-refractivity contribution in [2.45, 2.75) is 18.3 Å². The average Bonchev–Trinajstić information content (AvgIpc) is 3.02. The summed E-state index contributed by atoms with van der Waals surface area (Å²) < 4.78 is 4.86. The highest BCUT2D eigenvalue weighted by molar-refractivity contribution is 7.99. The van der Waals surface area contributed by atoms with Crippen molar-refractivity contribution in [2.24, 2.45) is 5.92 Å². The van der Waals surface area contributed by atoms with Gasteiger partial charge in [0.05, 0.1) is 6.61 Å². The number of ketones is 1. The van der Waals surface area contributed by atoms with E-state index in [9.17, 15) is 14.4 Å². The lowest BCUT2D eigenvalue weighted by Crippen LogP contribution is -2.33. The molecule has 1 amide bonds. The first-order valence-corrected chi connectivity index (χ1v) is 7.89. The minimum atomic E-state index is -1.28. The molecular formula is C15H15NO4S. The standard InChI is InChI=1S/C15H15NO4S/c1-2-20-15(19)11-12(17)10-8-21-14(16(10)13(11)18)9-6-4-3-5-7-9/h3-7,10-11,14H,2,8H2,1H3/t10?,11?,14-/m0/s1. The summed E-state index contributed by atoms with van der Waals surface area (Å²) in [6.07, 6.45) is 0. The summed E-state index contributed by atoms with van der Waals surface area (Å²) >= 11 is 1.55. The highest BCUT2D eigenvalue weighted by Crippen LogP contribution is 2.46. The Hall–Kier alpha value is -1.82. The molecule has 3 atom stereocenters. The van der Waals surface area contributed by atoms with Gasteiger partial charge in [0, 0.05) is 5.75 Å². The van der Waals surface area contributed by atoms with Crippen LogP contribution in [0.1, 0.15) is 17.9 Å². The van der Waals surface area contributed by atoms with Gasteiger partial charge in [0.25, 0.3) is 0 Å². The number of hydrogen-bond acceptors (Lipinski definition) is 5. The third-order valence-corrected chi connectivity index (χ3v) is 5.05. The van der Waals surface area contributed by atoms with E-state index in [1.54, 1.807) is 23.6 Å². The maximum absolute atomic E-state index is 12.5. The van der Waals surface area contributed by atoms with Gasteiger partial charge >= 0.3 is 5.97 Å². The number of rotatable bonds is 3. The molecule has 0 aliphatic carbocycles. The quantitative estimate of drug-likeness (QED) is 0.624. The zero-order valence-corrected chi connectivity index (χ0v) is 12.3. The molecule has 1 aromatic rings. The fourth-order valence-corrected chi connectivity index (χ4v) is 4.23. The van der Waals surface area contributed by atoms with E-state index in [4.69, 9.17) is 4.74 Å². The molecular weight excluding hydrogens is 290 g/mol. The van der Waals surface area contributed by atoms with E-state index in [0.717, 1.165) is 5.56 Å². The summed E-state index contributed by atoms with van der Waals surface area (Å²) in [6.45, 7) is 1.82. The number of carbonyl (C=O) groups is 3. The number of hydrogen-bond donors (Lipinski definition) is 0. The molecule has 2 aliphatic rings. The highest BCUT2D eigenvalue weighted by Gasteiger charge is 2.56. The van der Waals surface area contributed by atoms with Crippen LogP contribution in [-0.4, -0.2) is 41.0 Å². The van der Waals surface area contributed by atoms with Gasteiger partial charge in [-0.3, -0.25) is 14.4 Å². The van der Waals surface area contributed by atoms with E-state index < -0.39 is 23.8 Å². The van der Waals surface area contributed by atoms with E-state index >= 15 is 0 Å². The van der Waals surface area contributed by atoms with Gasteiger partial charge in [0.15, 0.2) is 11.7 Å². The normalized spacial score (nSPS) is 27.9. The number of benzene rings is 1. The lowest BCUT2D eigenvalue weighted by molar-refractivity contribution is -0.154. The molecule has 0 N–H and O–H groups in total. The van der Waals surface area contributed by atoms with Gasteiger partial charge in [-0.15, -0.1) is 11.8 Å². The number of amides is 1. The molecule has 0 aromatic heterocycles. The molecule has 0 saturated carbocycles. The summed E-state index contributed by atoms with van der Waals surface area (Å²) in [4.78, 5) is 38.2. The molecule has 0 bridgehead atoms. The van der Waals surface area contributed by atoms with Crippen LogP contribution in [-0.2, 0) is 19.1 Å². The van der Waals surface area contributed by atoms with Crippen LogP contribution in [0.25, 0.3) is 0 Å². The zero-order valence-electron chi connectivity index (χ0n) is 11.5. The summed E-state index contributed by atoms with van der Waals surface area (Å²) in [6, 6.07) is 9.04. The third kappa shape index (κ3) is 2.23. The van der Waals surface area contributed by atoms with Crippen LogP contribution in [0.2, 0.25) is 0 Å². The summed E-state index contributed by atoms with van der Waals surface area (Å²) in [5.41, 5.74) is 0.968. The second-order valence-corrected chi connectivity index (χ2v) is 6.06. The first-order chi connectivity index (χ1) is 10.1. The molecule has 2 fully saturated rings. The maximum atomic E-state index is 12.5. The number of nitrogens with zero attached hydrogens (tertiary/aromatic N) is 1. The van der Waals surface area contributed by atoms with Crippen molar-refractivity contribution >= 4 is 29.4 Å². The first-order valence-electron chi connectivity index (χ1n) is 6.84. The van der Waals surface area contributed by atoms with Crippen LogP contribution in [0.15, 0.2) is 30.3 Å². The van der Waals surface area contributed by atoms with Gasteiger partial charge in [-0.05, 0) is 12.5 Å². The third-order valence-electron chi connectivity index (χ3n) is 3.72. The Morgan fingerprint density at radius 2 is 2.05 bits per heavy atom. The van der Waals surface area contributed by atoms with Crippen molar-refractivity contribution in [2.75, 3.05) is 12.4 Å². The Kier molecular flexibility index (Phi) is 3.71. The smallest absolute Gasteiger partial charge is 0.326 e. The molecule has 5 nitrogen and oxygen atoms in total. The van der Waals surface area contributed by atoms with Crippen LogP contribution in [0.4, 0.5) is 0 Å². The van der Waals surface area contributed by atoms with E-state index in [1.807, 2.05) is 30.3 Å². The Morgan fingerprint density at radius 1 is 1.33 bits per heavy atom. The van der Waals surface area contributed by atoms with Crippen molar-refractivity contribution in [1.29, 1.82) is 0 Å². The number of Topliss-reactive ketones (excluding diaryl/α,β-unsaturated/α-hetero) is 1. The van der Waals surface area contributed by atoms with Crippen LogP contribution in [0.5, 0.6) is 0 Å². The minimum Gasteiger partial charge on any atom is -0.465 e. The van der Waals surface area contributed by atoms with Gasteiger partial charge < -0.3 is 9.64 Å². The average molecular weight is 305 g/mol. The Bertz CT molecular complexity index is 589. The van der Waals surface area contributed by atoms with Crippen molar-refractivity contribution in [3.05, 3.63) is 35.9 Å². The number of ether oxygens (including phenoxy) is 1. The van der Waals surface area contributed by atoms with Crippen LogP contribution >= 0.6 is 11.8 Å². The van der Waals surface area contributed by atoms with Crippen LogP contribution < -0.4 is 0 Å². The minimum absolute atomic E-state index is 0.164. The summed E-state index contributed by atoms with van der Waals surface area (Å²) in [5.74, 6) is -2.23. The molecule has 1 aromatic carbocycles. The van der Waals surface area contributed by atoms with E-state index in [0.29, 0.717) is 5.75 Å². The predicted octanol–water partition coefficient (Wildman–Crippen LogP) is 1.39. The van der Waals surface area contributed by atoms with Crippen molar-refractivity contribution < 1.29 is 19.1 Å². The van der Waals surface area contributed by atoms with Crippen molar-refractivity contribution in [1.82, 2.24) is 4.90 Å². The molecule has 3 rings (SSSR count). The van der Waals surface area contributed by atoms with Gasteiger partial charge in [0.2, 0.25) is 5.91 Å². The van der Waals surface area contributed by atoms with E-state index in [1.165, 1.54) is 0 Å².